The smallest absolute Gasteiger partial charge is 0.420 e. The summed E-state index contributed by atoms with van der Waals surface area (Å²) in [7, 11) is -7.99. The van der Waals surface area contributed by atoms with Crippen molar-refractivity contribution in [2.45, 2.75) is 14.7 Å². The van der Waals surface area contributed by atoms with Crippen LogP contribution in [0.25, 0.3) is 0 Å². The summed E-state index contributed by atoms with van der Waals surface area (Å²) < 4.78 is 101. The summed E-state index contributed by atoms with van der Waals surface area (Å²) in [6.45, 7) is 0. The van der Waals surface area contributed by atoms with Crippen molar-refractivity contribution in [3.63, 3.8) is 0 Å². The van der Waals surface area contributed by atoms with Crippen molar-refractivity contribution in [2.75, 3.05) is 0 Å². The predicted molar refractivity (Wildman–Crippen MR) is 126 cm³/mol. The maximum atomic E-state index is 12.5. The summed E-state index contributed by atoms with van der Waals surface area (Å²) in [4.78, 5) is 30.7. The van der Waals surface area contributed by atoms with Crippen LogP contribution in [0.4, 0.5) is 13.2 Å². The van der Waals surface area contributed by atoms with Gasteiger partial charge in [0.2, 0.25) is 17.7 Å². The number of carbonyl (C=O) groups excluding carboxylic acids is 3. The van der Waals surface area contributed by atoms with Gasteiger partial charge in [-0.25, -0.2) is 13.2 Å². The zero-order valence-corrected chi connectivity index (χ0v) is 22.9. The van der Waals surface area contributed by atoms with E-state index in [9.17, 15) is 52.8 Å². The minimum absolute atomic E-state index is 0. The molecule has 0 atom stereocenters. The van der Waals surface area contributed by atoms with E-state index < -0.39 is 82.0 Å². The van der Waals surface area contributed by atoms with Crippen LogP contribution in [0.3, 0.4) is 0 Å². The fraction of sp³-hybridized carbons (Fsp3) is 0. The summed E-state index contributed by atoms with van der Waals surface area (Å²) in [6, 6.07) is 8.22. The molecule has 3 rings (SSSR count). The standard InChI is InChI=1S/3C7H5FNO3S.Fe/c3*8-4-1-2-5(7(9)10)6(3-4)13(11)12;/h3*1-3H,(H2,9,10);/q3*-1;+3. The Morgan fingerprint density at radius 3 is 0.825 bits per heavy atom. The molecule has 0 saturated carbocycles. The van der Waals surface area contributed by atoms with Crippen LogP contribution in [-0.4, -0.2) is 17.7 Å². The van der Waals surface area contributed by atoms with Gasteiger partial charge in [0.15, 0.2) is 0 Å². The summed E-state index contributed by atoms with van der Waals surface area (Å²) in [5.74, 6) is -4.91. The summed E-state index contributed by atoms with van der Waals surface area (Å²) in [5.41, 5.74) is 14.0. The average Bonchev–Trinajstić information content (AvgIpc) is 2.84. The molecular weight excluding hydrogens is 647 g/mol. The Morgan fingerprint density at radius 1 is 0.475 bits per heavy atom. The molecule has 3 amide bonds. The minimum atomic E-state index is -2.66. The van der Waals surface area contributed by atoms with Crippen LogP contribution >= 0.6 is 0 Å². The molecule has 0 spiro atoms. The number of amides is 3. The van der Waals surface area contributed by atoms with Crippen molar-refractivity contribution in [3.8, 4) is 0 Å². The fourth-order valence-corrected chi connectivity index (χ4v) is 4.18. The molecule has 0 aliphatic carbocycles. The second kappa shape index (κ2) is 16.4. The first kappa shape index (κ1) is 36.2. The zero-order valence-electron chi connectivity index (χ0n) is 19.3. The SMILES string of the molecule is NC(=O)c1ccc(F)cc1[S-](=O)=O.NC(=O)c1ccc(F)cc1[S-](=O)=O.NC(=O)c1ccc(F)cc1[S-](=O)=O.[Fe+3]. The van der Waals surface area contributed by atoms with E-state index in [2.05, 4.69) is 0 Å². The first-order chi connectivity index (χ1) is 18.1. The summed E-state index contributed by atoms with van der Waals surface area (Å²) in [6.07, 6.45) is 0. The van der Waals surface area contributed by atoms with Gasteiger partial charge >= 0.3 is 17.1 Å². The Hall–Kier alpha value is -3.77. The van der Waals surface area contributed by atoms with Crippen LogP contribution in [0.5, 0.6) is 0 Å². The molecule has 0 bridgehead atoms. The number of benzene rings is 3. The van der Waals surface area contributed by atoms with E-state index in [1.54, 1.807) is 0 Å². The third-order valence-electron chi connectivity index (χ3n) is 4.17. The fourth-order valence-electron chi connectivity index (χ4n) is 2.51. The van der Waals surface area contributed by atoms with E-state index in [-0.39, 0.29) is 33.8 Å². The maximum Gasteiger partial charge on any atom is 3.00 e. The number of hydrogen-bond acceptors (Lipinski definition) is 12. The topological polar surface area (TPSA) is 232 Å². The molecule has 0 aliphatic rings. The number of rotatable bonds is 6. The van der Waals surface area contributed by atoms with E-state index in [1.807, 2.05) is 0 Å². The number of halogens is 3. The molecule has 12 nitrogen and oxygen atoms in total. The summed E-state index contributed by atoms with van der Waals surface area (Å²) in [5, 5.41) is 0. The van der Waals surface area contributed by atoms with Crippen LogP contribution in [0.2, 0.25) is 0 Å². The molecule has 0 fully saturated rings. The van der Waals surface area contributed by atoms with E-state index in [1.165, 1.54) is 0 Å². The van der Waals surface area contributed by atoms with Gasteiger partial charge in [0.1, 0.15) is 17.5 Å². The molecule has 1 radical (unpaired) electrons. The molecular formula is C21H15F3FeN3O9S3. The zero-order chi connectivity index (χ0) is 30.0. The Labute approximate surface area is 239 Å². The molecule has 19 heteroatoms. The molecule has 0 aliphatic heterocycles. The van der Waals surface area contributed by atoms with Crippen molar-refractivity contribution in [1.82, 2.24) is 0 Å². The van der Waals surface area contributed by atoms with Gasteiger partial charge in [0.05, 0.1) is 0 Å². The van der Waals surface area contributed by atoms with Crippen LogP contribution in [-0.2, 0) is 74.4 Å². The maximum absolute atomic E-state index is 12.5. The Morgan fingerprint density at radius 2 is 0.675 bits per heavy atom. The number of hydrogen-bond donors (Lipinski definition) is 3. The van der Waals surface area contributed by atoms with Gasteiger partial charge in [-0.3, -0.25) is 14.4 Å². The number of primary amides is 3. The largest absolute Gasteiger partial charge is 3.00 e. The summed E-state index contributed by atoms with van der Waals surface area (Å²) >= 11 is 0. The Balaban J connectivity index is 0.000000563. The monoisotopic (exact) mass is 662 g/mol. The molecule has 215 valence electrons. The predicted octanol–water partition coefficient (Wildman–Crippen LogP) is 1.78. The first-order valence-electron chi connectivity index (χ1n) is 9.62. The van der Waals surface area contributed by atoms with Crippen molar-refractivity contribution < 1.29 is 69.9 Å². The normalized spacial score (nSPS) is 10.1. The number of carbonyl (C=O) groups is 3. The van der Waals surface area contributed by atoms with E-state index in [0.29, 0.717) is 0 Å². The van der Waals surface area contributed by atoms with Gasteiger partial charge in [-0.1, -0.05) is 14.7 Å². The third-order valence-corrected chi connectivity index (χ3v) is 6.26. The molecule has 0 unspecified atom stereocenters. The molecule has 0 heterocycles. The third kappa shape index (κ3) is 10.8. The van der Waals surface area contributed by atoms with Gasteiger partial charge in [-0.2, -0.15) is 0 Å². The van der Waals surface area contributed by atoms with Gasteiger partial charge in [0, 0.05) is 16.7 Å². The quantitative estimate of drug-likeness (QED) is 0.258. The molecule has 0 saturated heterocycles. The van der Waals surface area contributed by atoms with Crippen LogP contribution in [0.15, 0.2) is 69.3 Å². The minimum Gasteiger partial charge on any atom is -0.420 e. The van der Waals surface area contributed by atoms with E-state index in [4.69, 9.17) is 17.2 Å². The van der Waals surface area contributed by atoms with Crippen LogP contribution in [0, 0.1) is 17.5 Å². The molecule has 0 aromatic heterocycles. The second-order valence-corrected chi connectivity index (χ2v) is 9.45. The molecule has 6 N–H and O–H groups in total. The van der Waals surface area contributed by atoms with Crippen molar-refractivity contribution >= 4 is 49.8 Å². The Bertz CT molecular complexity index is 1460. The molecule has 40 heavy (non-hydrogen) atoms. The second-order valence-electron chi connectivity index (χ2n) is 6.72. The van der Waals surface area contributed by atoms with Crippen molar-refractivity contribution in [3.05, 3.63) is 88.7 Å². The van der Waals surface area contributed by atoms with Crippen LogP contribution < -0.4 is 17.2 Å². The van der Waals surface area contributed by atoms with E-state index in [0.717, 1.165) is 54.6 Å². The molecule has 3 aromatic rings. The van der Waals surface area contributed by atoms with Gasteiger partial charge in [-0.05, 0) is 86.7 Å². The van der Waals surface area contributed by atoms with Gasteiger partial charge in [0.25, 0.3) is 0 Å². The Kier molecular flexibility index (Phi) is 14.8. The number of nitrogens with two attached hydrogens (primary N) is 3. The average molecular weight is 662 g/mol. The molecule has 3 aromatic carbocycles. The van der Waals surface area contributed by atoms with Crippen molar-refractivity contribution in [2.24, 2.45) is 17.2 Å². The van der Waals surface area contributed by atoms with E-state index >= 15 is 0 Å². The van der Waals surface area contributed by atoms with Gasteiger partial charge < -0.3 is 42.5 Å². The first-order valence-corrected chi connectivity index (χ1v) is 12.8. The van der Waals surface area contributed by atoms with Crippen LogP contribution in [0.1, 0.15) is 31.1 Å². The van der Waals surface area contributed by atoms with Crippen molar-refractivity contribution in [1.29, 1.82) is 0 Å². The van der Waals surface area contributed by atoms with Gasteiger partial charge in [-0.15, -0.1) is 0 Å².